The topological polar surface area (TPSA) is 93.6 Å². The summed E-state index contributed by atoms with van der Waals surface area (Å²) >= 11 is 0. The predicted octanol–water partition coefficient (Wildman–Crippen LogP) is 1.32. The van der Waals surface area contributed by atoms with Crippen LogP contribution in [0.1, 0.15) is 12.8 Å². The molecule has 3 rings (SSSR count). The zero-order valence-electron chi connectivity index (χ0n) is 11.4. The average Bonchev–Trinajstić information content (AvgIpc) is 2.92. The van der Waals surface area contributed by atoms with Crippen LogP contribution in [0, 0.1) is 5.92 Å². The number of furan rings is 1. The monoisotopic (exact) mass is 308 g/mol. The number of rotatable bonds is 3. The summed E-state index contributed by atoms with van der Waals surface area (Å²) in [6, 6.07) is 8.63. The molecule has 112 valence electrons. The molecule has 0 unspecified atom stereocenters. The predicted molar refractivity (Wildman–Crippen MR) is 76.9 cm³/mol. The average molecular weight is 308 g/mol. The van der Waals surface area contributed by atoms with Crippen molar-refractivity contribution in [2.45, 2.75) is 17.9 Å². The van der Waals surface area contributed by atoms with E-state index in [2.05, 4.69) is 0 Å². The number of primary amides is 1. The molecule has 2 N–H and O–H groups in total. The van der Waals surface area contributed by atoms with Crippen LogP contribution in [0.2, 0.25) is 0 Å². The quantitative estimate of drug-likeness (QED) is 0.925. The largest absolute Gasteiger partial charge is 0.443 e. The Kier molecular flexibility index (Phi) is 3.46. The molecule has 0 saturated carbocycles. The summed E-state index contributed by atoms with van der Waals surface area (Å²) in [4.78, 5) is 11.3. The molecule has 1 aliphatic rings. The molecule has 2 aromatic rings. The van der Waals surface area contributed by atoms with Crippen molar-refractivity contribution in [3.8, 4) is 0 Å². The standard InChI is InChI=1S/C14H16N2O4S/c15-14(17)11-5-3-7-16(9-11)21(18,19)13-8-10-4-1-2-6-12(10)20-13/h1-2,4,6,8,11H,3,5,7,9H2,(H2,15,17)/t11-/m1/s1. The van der Waals surface area contributed by atoms with Crippen LogP contribution in [-0.4, -0.2) is 31.7 Å². The van der Waals surface area contributed by atoms with Crippen LogP contribution in [0.15, 0.2) is 39.8 Å². The molecule has 1 amide bonds. The molecule has 1 atom stereocenters. The Bertz CT molecular complexity index is 748. The first-order valence-electron chi connectivity index (χ1n) is 6.76. The van der Waals surface area contributed by atoms with E-state index in [1.807, 2.05) is 6.07 Å². The Morgan fingerprint density at radius 1 is 1.33 bits per heavy atom. The van der Waals surface area contributed by atoms with Gasteiger partial charge in [0.15, 0.2) is 0 Å². The van der Waals surface area contributed by atoms with Gasteiger partial charge in [0, 0.05) is 24.5 Å². The zero-order valence-corrected chi connectivity index (χ0v) is 12.2. The molecule has 21 heavy (non-hydrogen) atoms. The summed E-state index contributed by atoms with van der Waals surface area (Å²) < 4.78 is 31.9. The Morgan fingerprint density at radius 2 is 2.10 bits per heavy atom. The lowest BCUT2D eigenvalue weighted by Crippen LogP contribution is -2.43. The minimum absolute atomic E-state index is 0.0891. The van der Waals surface area contributed by atoms with Gasteiger partial charge in [0.25, 0.3) is 10.0 Å². The summed E-state index contributed by atoms with van der Waals surface area (Å²) in [6.45, 7) is 0.498. The Morgan fingerprint density at radius 3 is 2.81 bits per heavy atom. The van der Waals surface area contributed by atoms with Crippen molar-refractivity contribution in [1.29, 1.82) is 0 Å². The number of para-hydroxylation sites is 1. The summed E-state index contributed by atoms with van der Waals surface area (Å²) in [6.07, 6.45) is 1.24. The van der Waals surface area contributed by atoms with Gasteiger partial charge in [0.05, 0.1) is 5.92 Å². The van der Waals surface area contributed by atoms with Gasteiger partial charge in [-0.05, 0) is 18.9 Å². The van der Waals surface area contributed by atoms with Crippen molar-refractivity contribution in [2.75, 3.05) is 13.1 Å². The lowest BCUT2D eigenvalue weighted by Gasteiger charge is -2.29. The summed E-state index contributed by atoms with van der Waals surface area (Å²) in [5.74, 6) is -0.891. The van der Waals surface area contributed by atoms with Crippen molar-refractivity contribution >= 4 is 26.9 Å². The van der Waals surface area contributed by atoms with E-state index in [9.17, 15) is 13.2 Å². The van der Waals surface area contributed by atoms with Gasteiger partial charge in [-0.2, -0.15) is 4.31 Å². The van der Waals surface area contributed by atoms with Gasteiger partial charge < -0.3 is 10.2 Å². The lowest BCUT2D eigenvalue weighted by molar-refractivity contribution is -0.122. The third-order valence-electron chi connectivity index (χ3n) is 3.78. The molecule has 0 bridgehead atoms. The SMILES string of the molecule is NC(=O)[C@@H]1CCCN(S(=O)(=O)c2cc3ccccc3o2)C1. The highest BCUT2D eigenvalue weighted by atomic mass is 32.2. The first-order valence-corrected chi connectivity index (χ1v) is 8.20. The van der Waals surface area contributed by atoms with Gasteiger partial charge in [-0.25, -0.2) is 8.42 Å². The van der Waals surface area contributed by atoms with Gasteiger partial charge >= 0.3 is 0 Å². The van der Waals surface area contributed by atoms with Gasteiger partial charge in [0.1, 0.15) is 5.58 Å². The Labute approximate surface area is 122 Å². The molecule has 7 heteroatoms. The molecule has 0 radical (unpaired) electrons. The number of nitrogens with two attached hydrogens (primary N) is 1. The number of hydrogen-bond donors (Lipinski definition) is 1. The minimum Gasteiger partial charge on any atom is -0.443 e. The van der Waals surface area contributed by atoms with Crippen molar-refractivity contribution in [3.63, 3.8) is 0 Å². The Balaban J connectivity index is 1.94. The highest BCUT2D eigenvalue weighted by Gasteiger charge is 2.34. The molecule has 1 aromatic carbocycles. The number of nitrogens with zero attached hydrogens (tertiary/aromatic N) is 1. The highest BCUT2D eigenvalue weighted by Crippen LogP contribution is 2.28. The van der Waals surface area contributed by atoms with Crippen LogP contribution < -0.4 is 5.73 Å². The van der Waals surface area contributed by atoms with Gasteiger partial charge in [-0.15, -0.1) is 0 Å². The second kappa shape index (κ2) is 5.16. The number of sulfonamides is 1. The molecule has 0 aliphatic carbocycles. The fourth-order valence-electron chi connectivity index (χ4n) is 2.60. The minimum atomic E-state index is -3.73. The third kappa shape index (κ3) is 2.54. The molecular formula is C14H16N2O4S. The lowest BCUT2D eigenvalue weighted by atomic mass is 9.99. The van der Waals surface area contributed by atoms with E-state index in [0.717, 1.165) is 5.39 Å². The van der Waals surface area contributed by atoms with Crippen molar-refractivity contribution in [1.82, 2.24) is 4.31 Å². The number of carbonyl (C=O) groups excluding carboxylic acids is 1. The second-order valence-corrected chi connectivity index (χ2v) is 7.08. The Hall–Kier alpha value is -1.86. The summed E-state index contributed by atoms with van der Waals surface area (Å²) in [5.41, 5.74) is 5.82. The van der Waals surface area contributed by atoms with Crippen molar-refractivity contribution < 1.29 is 17.6 Å². The van der Waals surface area contributed by atoms with E-state index >= 15 is 0 Å². The maximum Gasteiger partial charge on any atom is 0.276 e. The van der Waals surface area contributed by atoms with Crippen LogP contribution in [0.3, 0.4) is 0 Å². The van der Waals surface area contributed by atoms with Crippen LogP contribution in [0.25, 0.3) is 11.0 Å². The molecular weight excluding hydrogens is 292 g/mol. The molecule has 1 aromatic heterocycles. The van der Waals surface area contributed by atoms with E-state index in [1.54, 1.807) is 18.2 Å². The molecule has 6 nitrogen and oxygen atoms in total. The van der Waals surface area contributed by atoms with E-state index in [0.29, 0.717) is 25.0 Å². The van der Waals surface area contributed by atoms with Crippen molar-refractivity contribution in [3.05, 3.63) is 30.3 Å². The molecule has 0 spiro atoms. The van der Waals surface area contributed by atoms with E-state index in [4.69, 9.17) is 10.2 Å². The number of carbonyl (C=O) groups is 1. The molecule has 1 fully saturated rings. The van der Waals surface area contributed by atoms with Gasteiger partial charge in [-0.3, -0.25) is 4.79 Å². The smallest absolute Gasteiger partial charge is 0.276 e. The first kappa shape index (κ1) is 14.1. The van der Waals surface area contributed by atoms with Crippen molar-refractivity contribution in [2.24, 2.45) is 11.7 Å². The van der Waals surface area contributed by atoms with Crippen LogP contribution in [0.4, 0.5) is 0 Å². The molecule has 1 saturated heterocycles. The fraction of sp³-hybridized carbons (Fsp3) is 0.357. The van der Waals surface area contributed by atoms with E-state index < -0.39 is 21.8 Å². The van der Waals surface area contributed by atoms with Crippen LogP contribution in [0.5, 0.6) is 0 Å². The third-order valence-corrected chi connectivity index (χ3v) is 5.50. The number of piperidine rings is 1. The first-order chi connectivity index (χ1) is 9.98. The maximum absolute atomic E-state index is 12.6. The number of amides is 1. The molecule has 2 heterocycles. The van der Waals surface area contributed by atoms with Crippen LogP contribution in [-0.2, 0) is 14.8 Å². The van der Waals surface area contributed by atoms with Gasteiger partial charge in [0.2, 0.25) is 11.0 Å². The number of benzene rings is 1. The van der Waals surface area contributed by atoms with E-state index in [-0.39, 0.29) is 11.6 Å². The maximum atomic E-state index is 12.6. The number of hydrogen-bond acceptors (Lipinski definition) is 4. The second-order valence-electron chi connectivity index (χ2n) is 5.21. The van der Waals surface area contributed by atoms with Gasteiger partial charge in [-0.1, -0.05) is 18.2 Å². The normalized spacial score (nSPS) is 20.7. The molecule has 1 aliphatic heterocycles. The zero-order chi connectivity index (χ0) is 15.0. The summed E-state index contributed by atoms with van der Waals surface area (Å²) in [5, 5.41) is 0.647. The summed E-state index contributed by atoms with van der Waals surface area (Å²) in [7, 11) is -3.73. The van der Waals surface area contributed by atoms with E-state index in [1.165, 1.54) is 10.4 Å². The highest BCUT2D eigenvalue weighted by molar-refractivity contribution is 7.89. The van der Waals surface area contributed by atoms with Crippen LogP contribution >= 0.6 is 0 Å². The fourth-order valence-corrected chi connectivity index (χ4v) is 4.08. The number of fused-ring (bicyclic) bond motifs is 1.